The molecule has 0 aliphatic heterocycles. The van der Waals surface area contributed by atoms with Gasteiger partial charge in [-0.3, -0.25) is 0 Å². The van der Waals surface area contributed by atoms with E-state index in [1.807, 2.05) is 30.3 Å². The first-order chi connectivity index (χ1) is 9.67. The Bertz CT molecular complexity index is 840. The van der Waals surface area contributed by atoms with Crippen LogP contribution < -0.4 is 4.18 Å². The molecule has 3 nitrogen and oxygen atoms in total. The predicted molar refractivity (Wildman–Crippen MR) is 85.4 cm³/mol. The van der Waals surface area contributed by atoms with Crippen molar-refractivity contribution in [2.24, 2.45) is 0 Å². The molecule has 0 aromatic heterocycles. The van der Waals surface area contributed by atoms with Gasteiger partial charge in [-0.15, -0.1) is 0 Å². The van der Waals surface area contributed by atoms with Gasteiger partial charge in [-0.2, -0.15) is 8.42 Å². The van der Waals surface area contributed by atoms with Crippen molar-refractivity contribution in [3.8, 4) is 5.75 Å². The van der Waals surface area contributed by atoms with E-state index >= 15 is 0 Å². The Labute approximate surface area is 166 Å². The van der Waals surface area contributed by atoms with Crippen molar-refractivity contribution in [1.82, 2.24) is 0 Å². The van der Waals surface area contributed by atoms with E-state index in [2.05, 4.69) is 0 Å². The SMILES string of the molecule is O=S(=O)(Oc1cccc2ccccc12)c1ccccc1.[KH]. The molecule has 0 saturated carbocycles. The molecular weight excluding hydrogens is 311 g/mol. The summed E-state index contributed by atoms with van der Waals surface area (Å²) in [7, 11) is -3.80. The van der Waals surface area contributed by atoms with Crippen LogP contribution in [0.25, 0.3) is 10.8 Å². The molecule has 0 bridgehead atoms. The number of fused-ring (bicyclic) bond motifs is 1. The Hall–Kier alpha value is -0.694. The maximum atomic E-state index is 12.2. The van der Waals surface area contributed by atoms with Gasteiger partial charge in [0.05, 0.1) is 0 Å². The van der Waals surface area contributed by atoms with Crippen LogP contribution in [0.2, 0.25) is 0 Å². The van der Waals surface area contributed by atoms with Gasteiger partial charge in [0, 0.05) is 5.39 Å². The molecule has 0 aliphatic rings. The van der Waals surface area contributed by atoms with Crippen molar-refractivity contribution < 1.29 is 12.6 Å². The van der Waals surface area contributed by atoms with E-state index in [1.54, 1.807) is 30.3 Å². The molecular formula is C16H13KO3S. The summed E-state index contributed by atoms with van der Waals surface area (Å²) in [6, 6.07) is 21.0. The van der Waals surface area contributed by atoms with Gasteiger partial charge in [-0.1, -0.05) is 54.6 Å². The predicted octanol–water partition coefficient (Wildman–Crippen LogP) is 2.96. The first-order valence-electron chi connectivity index (χ1n) is 6.14. The molecule has 0 atom stereocenters. The van der Waals surface area contributed by atoms with Crippen LogP contribution >= 0.6 is 0 Å². The van der Waals surface area contributed by atoms with E-state index in [-0.39, 0.29) is 56.3 Å². The Morgan fingerprint density at radius 3 is 2.10 bits per heavy atom. The van der Waals surface area contributed by atoms with Crippen molar-refractivity contribution in [3.63, 3.8) is 0 Å². The Morgan fingerprint density at radius 1 is 0.714 bits per heavy atom. The minimum atomic E-state index is -3.80. The second-order valence-electron chi connectivity index (χ2n) is 4.33. The first-order valence-corrected chi connectivity index (χ1v) is 7.55. The summed E-state index contributed by atoms with van der Waals surface area (Å²) in [5, 5.41) is 1.71. The van der Waals surface area contributed by atoms with Gasteiger partial charge in [-0.25, -0.2) is 0 Å². The average Bonchev–Trinajstić information content (AvgIpc) is 2.48. The van der Waals surface area contributed by atoms with Crippen LogP contribution in [0.3, 0.4) is 0 Å². The first kappa shape index (κ1) is 16.7. The third-order valence-electron chi connectivity index (χ3n) is 2.98. The Balaban J connectivity index is 0.00000161. The van der Waals surface area contributed by atoms with Crippen molar-refractivity contribution >= 4 is 72.3 Å². The summed E-state index contributed by atoms with van der Waals surface area (Å²) in [4.78, 5) is 0.146. The second-order valence-corrected chi connectivity index (χ2v) is 5.87. The van der Waals surface area contributed by atoms with Gasteiger partial charge < -0.3 is 4.18 Å². The number of hydrogen-bond acceptors (Lipinski definition) is 3. The fraction of sp³-hybridized carbons (Fsp3) is 0. The quantitative estimate of drug-likeness (QED) is 0.549. The summed E-state index contributed by atoms with van der Waals surface area (Å²) >= 11 is 0. The van der Waals surface area contributed by atoms with Gasteiger partial charge in [0.25, 0.3) is 0 Å². The molecule has 102 valence electrons. The molecule has 0 saturated heterocycles. The maximum absolute atomic E-state index is 12.2. The van der Waals surface area contributed by atoms with E-state index in [9.17, 15) is 8.42 Å². The zero-order chi connectivity index (χ0) is 14.0. The molecule has 0 radical (unpaired) electrons. The van der Waals surface area contributed by atoms with Gasteiger partial charge >= 0.3 is 61.5 Å². The summed E-state index contributed by atoms with van der Waals surface area (Å²) in [6.45, 7) is 0. The van der Waals surface area contributed by atoms with E-state index in [4.69, 9.17) is 4.18 Å². The molecule has 0 N–H and O–H groups in total. The van der Waals surface area contributed by atoms with Crippen LogP contribution in [0.5, 0.6) is 5.75 Å². The normalized spacial score (nSPS) is 10.9. The zero-order valence-electron chi connectivity index (χ0n) is 10.6. The van der Waals surface area contributed by atoms with Gasteiger partial charge in [-0.05, 0) is 23.6 Å². The number of rotatable bonds is 3. The fourth-order valence-electron chi connectivity index (χ4n) is 2.02. The third kappa shape index (κ3) is 3.74. The zero-order valence-corrected chi connectivity index (χ0v) is 11.4. The molecule has 0 spiro atoms. The molecule has 0 amide bonds. The van der Waals surface area contributed by atoms with Crippen LogP contribution in [0.4, 0.5) is 0 Å². The molecule has 3 rings (SSSR count). The van der Waals surface area contributed by atoms with Crippen LogP contribution in [0.1, 0.15) is 0 Å². The minimum absolute atomic E-state index is 0. The Kier molecular flexibility index (Phi) is 5.59. The van der Waals surface area contributed by atoms with Crippen LogP contribution in [-0.2, 0) is 10.1 Å². The van der Waals surface area contributed by atoms with Gasteiger partial charge in [0.1, 0.15) is 4.90 Å². The number of benzene rings is 3. The average molecular weight is 324 g/mol. The van der Waals surface area contributed by atoms with E-state index in [1.165, 1.54) is 12.1 Å². The summed E-state index contributed by atoms with van der Waals surface area (Å²) in [5.74, 6) is 0.340. The van der Waals surface area contributed by atoms with E-state index < -0.39 is 10.1 Å². The van der Waals surface area contributed by atoms with Crippen molar-refractivity contribution in [2.45, 2.75) is 4.90 Å². The third-order valence-corrected chi connectivity index (χ3v) is 4.23. The molecule has 0 heterocycles. The van der Waals surface area contributed by atoms with Crippen molar-refractivity contribution in [3.05, 3.63) is 72.8 Å². The molecule has 0 unspecified atom stereocenters. The summed E-state index contributed by atoms with van der Waals surface area (Å²) in [6.07, 6.45) is 0. The molecule has 5 heteroatoms. The number of hydrogen-bond donors (Lipinski definition) is 0. The Morgan fingerprint density at radius 2 is 1.33 bits per heavy atom. The van der Waals surface area contributed by atoms with Gasteiger partial charge in [0.2, 0.25) is 0 Å². The summed E-state index contributed by atoms with van der Waals surface area (Å²) < 4.78 is 29.7. The molecule has 0 aliphatic carbocycles. The topological polar surface area (TPSA) is 43.4 Å². The molecule has 3 aromatic rings. The van der Waals surface area contributed by atoms with Crippen LogP contribution in [0.15, 0.2) is 77.7 Å². The van der Waals surface area contributed by atoms with Crippen molar-refractivity contribution in [1.29, 1.82) is 0 Å². The van der Waals surface area contributed by atoms with E-state index in [0.717, 1.165) is 10.8 Å². The van der Waals surface area contributed by atoms with Crippen LogP contribution in [0, 0.1) is 0 Å². The standard InChI is InChI=1S/C16H12O3S.K.H/c17-20(18,14-9-2-1-3-10-14)19-16-12-6-8-13-7-4-5-11-15(13)16;;/h1-12H;;. The fourth-order valence-corrected chi connectivity index (χ4v) is 2.99. The molecule has 0 fully saturated rings. The molecule has 3 aromatic carbocycles. The van der Waals surface area contributed by atoms with E-state index in [0.29, 0.717) is 5.75 Å². The monoisotopic (exact) mass is 324 g/mol. The summed E-state index contributed by atoms with van der Waals surface area (Å²) in [5.41, 5.74) is 0. The van der Waals surface area contributed by atoms with Crippen molar-refractivity contribution in [2.75, 3.05) is 0 Å². The van der Waals surface area contributed by atoms with Crippen LogP contribution in [-0.4, -0.2) is 59.8 Å². The second kappa shape index (κ2) is 7.04. The molecule has 21 heavy (non-hydrogen) atoms. The van der Waals surface area contributed by atoms with Gasteiger partial charge in [0.15, 0.2) is 5.75 Å².